The van der Waals surface area contributed by atoms with Crippen molar-refractivity contribution in [3.05, 3.63) is 63.0 Å². The zero-order valence-electron chi connectivity index (χ0n) is 11.1. The minimum absolute atomic E-state index is 0.342. The van der Waals surface area contributed by atoms with Crippen LogP contribution in [0.15, 0.2) is 57.5 Å². The van der Waals surface area contributed by atoms with Gasteiger partial charge in [-0.05, 0) is 36.2 Å². The van der Waals surface area contributed by atoms with Crippen LogP contribution in [0.3, 0.4) is 0 Å². The number of carboxylic acids is 1. The van der Waals surface area contributed by atoms with Crippen LogP contribution in [0, 0.1) is 0 Å². The minimum Gasteiger partial charge on any atom is -0.494 e. The Morgan fingerprint density at radius 1 is 1.14 bits per heavy atom. The van der Waals surface area contributed by atoms with Gasteiger partial charge in [0.1, 0.15) is 5.75 Å². The molecule has 2 aromatic carbocycles. The van der Waals surface area contributed by atoms with Gasteiger partial charge in [0.25, 0.3) is 0 Å². The number of carboxylic acid groups (broad SMARTS) is 1. The second kappa shape index (κ2) is 7.61. The largest absolute Gasteiger partial charge is 0.494 e. The lowest BCUT2D eigenvalue weighted by molar-refractivity contribution is -0.139. The molecule has 1 atom stereocenters. The smallest absolute Gasteiger partial charge is 0.311 e. The Kier molecular flexibility index (Phi) is 5.82. The number of rotatable bonds is 6. The van der Waals surface area contributed by atoms with E-state index in [4.69, 9.17) is 4.74 Å². The molecule has 0 saturated heterocycles. The molecule has 3 nitrogen and oxygen atoms in total. The van der Waals surface area contributed by atoms with Gasteiger partial charge in [0.15, 0.2) is 0 Å². The van der Waals surface area contributed by atoms with Crippen LogP contribution < -0.4 is 4.74 Å². The van der Waals surface area contributed by atoms with Gasteiger partial charge in [-0.2, -0.15) is 0 Å². The standard InChI is InChI=1S/C16H14Br2O3/c17-11-4-3-5-12(10-11)21-9-8-14(16(19)20)13-6-1-2-7-15(13)18/h1-7,10,14H,8-9H2,(H,19,20). The van der Waals surface area contributed by atoms with Crippen LogP contribution >= 0.6 is 31.9 Å². The highest BCUT2D eigenvalue weighted by Crippen LogP contribution is 2.28. The van der Waals surface area contributed by atoms with Gasteiger partial charge in [0, 0.05) is 8.95 Å². The van der Waals surface area contributed by atoms with E-state index in [0.717, 1.165) is 20.3 Å². The Morgan fingerprint density at radius 3 is 2.57 bits per heavy atom. The fourth-order valence-corrected chi connectivity index (χ4v) is 2.96. The molecule has 0 saturated carbocycles. The first-order valence-corrected chi connectivity index (χ1v) is 8.02. The lowest BCUT2D eigenvalue weighted by Gasteiger charge is -2.15. The fraction of sp³-hybridized carbons (Fsp3) is 0.188. The SMILES string of the molecule is O=C(O)C(CCOc1cccc(Br)c1)c1ccccc1Br. The molecule has 21 heavy (non-hydrogen) atoms. The Balaban J connectivity index is 2.02. The predicted molar refractivity (Wildman–Crippen MR) is 88.8 cm³/mol. The molecule has 0 radical (unpaired) electrons. The Morgan fingerprint density at radius 2 is 1.90 bits per heavy atom. The lowest BCUT2D eigenvalue weighted by Crippen LogP contribution is -2.15. The highest BCUT2D eigenvalue weighted by atomic mass is 79.9. The van der Waals surface area contributed by atoms with Crippen LogP contribution in [-0.2, 0) is 4.79 Å². The maximum atomic E-state index is 11.5. The summed E-state index contributed by atoms with van der Waals surface area (Å²) in [6.45, 7) is 0.342. The number of aliphatic carboxylic acids is 1. The predicted octanol–water partition coefficient (Wildman–Crippen LogP) is 4.85. The summed E-state index contributed by atoms with van der Waals surface area (Å²) in [4.78, 5) is 11.5. The second-order valence-electron chi connectivity index (χ2n) is 4.51. The fourth-order valence-electron chi connectivity index (χ4n) is 2.02. The summed E-state index contributed by atoms with van der Waals surface area (Å²) in [5, 5.41) is 9.41. The van der Waals surface area contributed by atoms with Crippen LogP contribution in [0.25, 0.3) is 0 Å². The number of ether oxygens (including phenoxy) is 1. The summed E-state index contributed by atoms with van der Waals surface area (Å²) in [5.74, 6) is -0.715. The van der Waals surface area contributed by atoms with Crippen LogP contribution in [-0.4, -0.2) is 17.7 Å². The lowest BCUT2D eigenvalue weighted by atomic mass is 9.96. The van der Waals surface area contributed by atoms with Crippen molar-refractivity contribution in [3.63, 3.8) is 0 Å². The summed E-state index contributed by atoms with van der Waals surface area (Å²) in [6.07, 6.45) is 0.407. The number of carbonyl (C=O) groups is 1. The minimum atomic E-state index is -0.847. The quantitative estimate of drug-likeness (QED) is 0.736. The van der Waals surface area contributed by atoms with Gasteiger partial charge in [0.2, 0.25) is 0 Å². The Hall–Kier alpha value is -1.33. The van der Waals surface area contributed by atoms with E-state index >= 15 is 0 Å². The molecule has 0 amide bonds. The van der Waals surface area contributed by atoms with Gasteiger partial charge in [0.05, 0.1) is 12.5 Å². The van der Waals surface area contributed by atoms with Crippen molar-refractivity contribution >= 4 is 37.8 Å². The number of hydrogen-bond acceptors (Lipinski definition) is 2. The molecule has 2 aromatic rings. The summed E-state index contributed by atoms with van der Waals surface area (Å²) in [6, 6.07) is 14.9. The van der Waals surface area contributed by atoms with Crippen molar-refractivity contribution in [3.8, 4) is 5.75 Å². The average Bonchev–Trinajstić information content (AvgIpc) is 2.44. The Bertz CT molecular complexity index is 628. The molecule has 0 heterocycles. The number of hydrogen-bond donors (Lipinski definition) is 1. The van der Waals surface area contributed by atoms with E-state index in [1.807, 2.05) is 48.5 Å². The topological polar surface area (TPSA) is 46.5 Å². The van der Waals surface area contributed by atoms with Gasteiger partial charge >= 0.3 is 5.97 Å². The van der Waals surface area contributed by atoms with Gasteiger partial charge in [-0.3, -0.25) is 4.79 Å². The third kappa shape index (κ3) is 4.58. The van der Waals surface area contributed by atoms with Crippen molar-refractivity contribution in [2.24, 2.45) is 0 Å². The van der Waals surface area contributed by atoms with Crippen molar-refractivity contribution in [1.29, 1.82) is 0 Å². The van der Waals surface area contributed by atoms with Crippen molar-refractivity contribution < 1.29 is 14.6 Å². The van der Waals surface area contributed by atoms with Crippen LogP contribution in [0.1, 0.15) is 17.9 Å². The van der Waals surface area contributed by atoms with E-state index in [9.17, 15) is 9.90 Å². The zero-order chi connectivity index (χ0) is 15.2. The van der Waals surface area contributed by atoms with E-state index in [0.29, 0.717) is 13.0 Å². The summed E-state index contributed by atoms with van der Waals surface area (Å²) >= 11 is 6.77. The zero-order valence-corrected chi connectivity index (χ0v) is 14.3. The molecule has 1 unspecified atom stereocenters. The van der Waals surface area contributed by atoms with Gasteiger partial charge in [-0.15, -0.1) is 0 Å². The van der Waals surface area contributed by atoms with E-state index in [1.54, 1.807) is 0 Å². The summed E-state index contributed by atoms with van der Waals surface area (Å²) in [7, 11) is 0. The maximum Gasteiger partial charge on any atom is 0.311 e. The van der Waals surface area contributed by atoms with Crippen LogP contribution in [0.5, 0.6) is 5.75 Å². The van der Waals surface area contributed by atoms with Gasteiger partial charge < -0.3 is 9.84 Å². The molecule has 0 aliphatic carbocycles. The molecule has 110 valence electrons. The molecular weight excluding hydrogens is 400 g/mol. The molecule has 2 rings (SSSR count). The van der Waals surface area contributed by atoms with Crippen LogP contribution in [0.4, 0.5) is 0 Å². The molecule has 0 fully saturated rings. The number of benzene rings is 2. The van der Waals surface area contributed by atoms with Crippen molar-refractivity contribution in [1.82, 2.24) is 0 Å². The highest BCUT2D eigenvalue weighted by Gasteiger charge is 2.21. The first kappa shape index (κ1) is 16.0. The number of halogens is 2. The third-order valence-electron chi connectivity index (χ3n) is 3.05. The molecule has 0 aromatic heterocycles. The maximum absolute atomic E-state index is 11.5. The van der Waals surface area contributed by atoms with Crippen LogP contribution in [0.2, 0.25) is 0 Å². The van der Waals surface area contributed by atoms with Gasteiger partial charge in [-0.1, -0.05) is 56.1 Å². The van der Waals surface area contributed by atoms with Gasteiger partial charge in [-0.25, -0.2) is 0 Å². The second-order valence-corrected chi connectivity index (χ2v) is 6.28. The normalized spacial score (nSPS) is 11.9. The summed E-state index contributed by atoms with van der Waals surface area (Å²) < 4.78 is 7.36. The monoisotopic (exact) mass is 412 g/mol. The van der Waals surface area contributed by atoms with E-state index in [1.165, 1.54) is 0 Å². The molecule has 0 aliphatic rings. The molecule has 0 bridgehead atoms. The highest BCUT2D eigenvalue weighted by molar-refractivity contribution is 9.10. The third-order valence-corrected chi connectivity index (χ3v) is 4.27. The molecule has 0 aliphatic heterocycles. The van der Waals surface area contributed by atoms with Crippen molar-refractivity contribution in [2.45, 2.75) is 12.3 Å². The van der Waals surface area contributed by atoms with Crippen molar-refractivity contribution in [2.75, 3.05) is 6.61 Å². The van der Waals surface area contributed by atoms with E-state index < -0.39 is 11.9 Å². The average molecular weight is 414 g/mol. The first-order chi connectivity index (χ1) is 10.1. The Labute approximate surface area is 140 Å². The molecule has 0 spiro atoms. The molecular formula is C16H14Br2O3. The first-order valence-electron chi connectivity index (χ1n) is 6.43. The van der Waals surface area contributed by atoms with E-state index in [-0.39, 0.29) is 0 Å². The van der Waals surface area contributed by atoms with E-state index in [2.05, 4.69) is 31.9 Å². The summed E-state index contributed by atoms with van der Waals surface area (Å²) in [5.41, 5.74) is 0.767. The molecule has 5 heteroatoms. The molecule has 1 N–H and O–H groups in total.